The highest BCUT2D eigenvalue weighted by Gasteiger charge is 2.11. The second kappa shape index (κ2) is 5.56. The first kappa shape index (κ1) is 13.1. The molecular weight excluding hydrogens is 240 g/mol. The van der Waals surface area contributed by atoms with Crippen molar-refractivity contribution in [1.82, 2.24) is 15.1 Å². The number of hydrogen-bond donors (Lipinski definition) is 2. The smallest absolute Gasteiger partial charge is 0.271 e. The van der Waals surface area contributed by atoms with Gasteiger partial charge in [0.2, 0.25) is 0 Å². The molecule has 0 fully saturated rings. The molecule has 0 spiro atoms. The van der Waals surface area contributed by atoms with Gasteiger partial charge in [-0.1, -0.05) is 6.92 Å². The maximum Gasteiger partial charge on any atom is 0.271 e. The number of carbonyl (C=O) groups is 1. The minimum absolute atomic E-state index is 0.147. The number of rotatable bonds is 4. The molecule has 0 aliphatic rings. The number of amides is 1. The molecule has 2 rings (SSSR count). The first-order valence-electron chi connectivity index (χ1n) is 6.32. The molecule has 1 heterocycles. The molecule has 3 N–H and O–H groups in total. The molecule has 0 saturated carbocycles. The van der Waals surface area contributed by atoms with Crippen LogP contribution < -0.4 is 11.1 Å². The molecule has 5 heteroatoms. The van der Waals surface area contributed by atoms with E-state index < -0.39 is 0 Å². The van der Waals surface area contributed by atoms with Gasteiger partial charge in [-0.2, -0.15) is 5.10 Å². The zero-order valence-corrected chi connectivity index (χ0v) is 11.1. The van der Waals surface area contributed by atoms with Gasteiger partial charge in [-0.15, -0.1) is 0 Å². The quantitative estimate of drug-likeness (QED) is 0.824. The fourth-order valence-electron chi connectivity index (χ4n) is 1.62. The second-order valence-electron chi connectivity index (χ2n) is 4.52. The van der Waals surface area contributed by atoms with Gasteiger partial charge in [-0.05, 0) is 43.7 Å². The van der Waals surface area contributed by atoms with Crippen LogP contribution in [0.1, 0.15) is 30.8 Å². The SMILES string of the molecule is CCC(C)NC(=O)c1ccn(-c2ccc(N)cc2)n1. The summed E-state index contributed by atoms with van der Waals surface area (Å²) in [6.07, 6.45) is 2.65. The van der Waals surface area contributed by atoms with Crippen LogP contribution in [-0.4, -0.2) is 21.7 Å². The van der Waals surface area contributed by atoms with Gasteiger partial charge in [0, 0.05) is 17.9 Å². The van der Waals surface area contributed by atoms with E-state index in [2.05, 4.69) is 10.4 Å². The Hall–Kier alpha value is -2.30. The van der Waals surface area contributed by atoms with Gasteiger partial charge < -0.3 is 11.1 Å². The number of aromatic nitrogens is 2. The van der Waals surface area contributed by atoms with Crippen LogP contribution in [0.25, 0.3) is 5.69 Å². The van der Waals surface area contributed by atoms with Crippen LogP contribution in [0.3, 0.4) is 0 Å². The average molecular weight is 258 g/mol. The summed E-state index contributed by atoms with van der Waals surface area (Å²) in [6.45, 7) is 3.99. The van der Waals surface area contributed by atoms with E-state index in [1.807, 2.05) is 26.0 Å². The molecule has 0 aliphatic heterocycles. The minimum Gasteiger partial charge on any atom is -0.399 e. The number of carbonyl (C=O) groups excluding carboxylic acids is 1. The molecule has 0 radical (unpaired) electrons. The lowest BCUT2D eigenvalue weighted by Crippen LogP contribution is -2.32. The van der Waals surface area contributed by atoms with Crippen molar-refractivity contribution in [2.75, 3.05) is 5.73 Å². The predicted molar refractivity (Wildman–Crippen MR) is 75.2 cm³/mol. The van der Waals surface area contributed by atoms with Gasteiger partial charge in [0.05, 0.1) is 5.69 Å². The number of hydrogen-bond acceptors (Lipinski definition) is 3. The molecule has 1 aromatic carbocycles. The molecule has 0 bridgehead atoms. The predicted octanol–water partition coefficient (Wildman–Crippen LogP) is 1.98. The maximum absolute atomic E-state index is 11.9. The Balaban J connectivity index is 2.15. The van der Waals surface area contributed by atoms with Crippen molar-refractivity contribution in [2.24, 2.45) is 0 Å². The van der Waals surface area contributed by atoms with Crippen LogP contribution in [0.5, 0.6) is 0 Å². The van der Waals surface area contributed by atoms with Crippen molar-refractivity contribution < 1.29 is 4.79 Å². The summed E-state index contributed by atoms with van der Waals surface area (Å²) in [4.78, 5) is 11.9. The van der Waals surface area contributed by atoms with Gasteiger partial charge >= 0.3 is 0 Å². The van der Waals surface area contributed by atoms with Crippen molar-refractivity contribution in [1.29, 1.82) is 0 Å². The van der Waals surface area contributed by atoms with Gasteiger partial charge in [0.1, 0.15) is 0 Å². The topological polar surface area (TPSA) is 72.9 Å². The molecule has 1 aromatic heterocycles. The third-order valence-corrected chi connectivity index (χ3v) is 2.97. The molecule has 100 valence electrons. The Bertz CT molecular complexity index is 559. The summed E-state index contributed by atoms with van der Waals surface area (Å²) in [6, 6.07) is 9.17. The normalized spacial score (nSPS) is 12.1. The summed E-state index contributed by atoms with van der Waals surface area (Å²) < 4.78 is 1.66. The molecule has 1 amide bonds. The van der Waals surface area contributed by atoms with Crippen LogP contribution in [0.2, 0.25) is 0 Å². The standard InChI is InChI=1S/C14H18N4O/c1-3-10(2)16-14(19)13-8-9-18(17-13)12-6-4-11(15)5-7-12/h4-10H,3,15H2,1-2H3,(H,16,19). The van der Waals surface area contributed by atoms with Gasteiger partial charge in [0.25, 0.3) is 5.91 Å². The molecule has 0 saturated heterocycles. The Morgan fingerprint density at radius 2 is 2.05 bits per heavy atom. The number of nitrogen functional groups attached to an aromatic ring is 1. The highest BCUT2D eigenvalue weighted by molar-refractivity contribution is 5.92. The van der Waals surface area contributed by atoms with Crippen LogP contribution in [0, 0.1) is 0 Å². The largest absolute Gasteiger partial charge is 0.399 e. The molecule has 1 unspecified atom stereocenters. The van der Waals surface area contributed by atoms with Crippen molar-refractivity contribution in [3.63, 3.8) is 0 Å². The molecule has 0 aliphatic carbocycles. The Morgan fingerprint density at radius 3 is 2.68 bits per heavy atom. The van der Waals surface area contributed by atoms with Crippen LogP contribution in [0.4, 0.5) is 5.69 Å². The summed E-state index contributed by atoms with van der Waals surface area (Å²) in [7, 11) is 0. The van der Waals surface area contributed by atoms with Crippen LogP contribution in [-0.2, 0) is 0 Å². The van der Waals surface area contributed by atoms with Gasteiger partial charge in [0.15, 0.2) is 5.69 Å². The monoisotopic (exact) mass is 258 g/mol. The fourth-order valence-corrected chi connectivity index (χ4v) is 1.62. The van der Waals surface area contributed by atoms with E-state index >= 15 is 0 Å². The zero-order chi connectivity index (χ0) is 13.8. The van der Waals surface area contributed by atoms with E-state index in [-0.39, 0.29) is 11.9 Å². The fraction of sp³-hybridized carbons (Fsp3) is 0.286. The number of nitrogens with two attached hydrogens (primary N) is 1. The van der Waals surface area contributed by atoms with Crippen molar-refractivity contribution in [3.05, 3.63) is 42.2 Å². The lowest BCUT2D eigenvalue weighted by Gasteiger charge is -2.09. The van der Waals surface area contributed by atoms with Crippen molar-refractivity contribution in [2.45, 2.75) is 26.3 Å². The van der Waals surface area contributed by atoms with E-state index in [1.54, 1.807) is 29.1 Å². The Kier molecular flexibility index (Phi) is 3.85. The average Bonchev–Trinajstić information content (AvgIpc) is 2.89. The maximum atomic E-state index is 11.9. The zero-order valence-electron chi connectivity index (χ0n) is 11.1. The van der Waals surface area contributed by atoms with Crippen molar-refractivity contribution >= 4 is 11.6 Å². The summed E-state index contributed by atoms with van der Waals surface area (Å²) >= 11 is 0. The van der Waals surface area contributed by atoms with E-state index in [4.69, 9.17) is 5.73 Å². The number of benzene rings is 1. The highest BCUT2D eigenvalue weighted by atomic mass is 16.2. The Morgan fingerprint density at radius 1 is 1.37 bits per heavy atom. The van der Waals surface area contributed by atoms with Gasteiger partial charge in [-0.3, -0.25) is 4.79 Å². The lowest BCUT2D eigenvalue weighted by molar-refractivity contribution is 0.0934. The minimum atomic E-state index is -0.149. The second-order valence-corrected chi connectivity index (χ2v) is 4.52. The lowest BCUT2D eigenvalue weighted by atomic mass is 10.2. The third-order valence-electron chi connectivity index (χ3n) is 2.97. The van der Waals surface area contributed by atoms with Crippen LogP contribution >= 0.6 is 0 Å². The first-order valence-corrected chi connectivity index (χ1v) is 6.32. The van der Waals surface area contributed by atoms with E-state index in [9.17, 15) is 4.79 Å². The van der Waals surface area contributed by atoms with Crippen LogP contribution in [0.15, 0.2) is 36.5 Å². The van der Waals surface area contributed by atoms with Crippen molar-refractivity contribution in [3.8, 4) is 5.69 Å². The number of anilines is 1. The summed E-state index contributed by atoms with van der Waals surface area (Å²) in [5, 5.41) is 7.15. The first-order chi connectivity index (χ1) is 9.10. The highest BCUT2D eigenvalue weighted by Crippen LogP contribution is 2.10. The Labute approximate surface area is 112 Å². The molecule has 5 nitrogen and oxygen atoms in total. The molecule has 1 atom stereocenters. The molecule has 2 aromatic rings. The number of nitrogens with one attached hydrogen (secondary N) is 1. The summed E-state index contributed by atoms with van der Waals surface area (Å²) in [5.74, 6) is -0.149. The van der Waals surface area contributed by atoms with E-state index in [0.717, 1.165) is 12.1 Å². The van der Waals surface area contributed by atoms with Gasteiger partial charge in [-0.25, -0.2) is 4.68 Å². The van der Waals surface area contributed by atoms with E-state index in [1.165, 1.54) is 0 Å². The third kappa shape index (κ3) is 3.13. The molecule has 19 heavy (non-hydrogen) atoms. The summed E-state index contributed by atoms with van der Waals surface area (Å²) in [5.41, 5.74) is 7.62. The number of nitrogens with zero attached hydrogens (tertiary/aromatic N) is 2. The molecular formula is C14H18N4O. The van der Waals surface area contributed by atoms with E-state index in [0.29, 0.717) is 11.4 Å².